The number of ketones is 1. The highest BCUT2D eigenvalue weighted by atomic mass is 32.2. The standard InChI is InChI=1S/C11H20OS/c1-2-8-13-9-11(12)10-6-4-3-5-7-10/h10H,2-9H2,1H3. The zero-order valence-electron chi connectivity index (χ0n) is 8.55. The van der Waals surface area contributed by atoms with Gasteiger partial charge in [0.2, 0.25) is 0 Å². The van der Waals surface area contributed by atoms with E-state index in [9.17, 15) is 4.79 Å². The molecule has 13 heavy (non-hydrogen) atoms. The molecule has 0 atom stereocenters. The second-order valence-corrected chi connectivity index (χ2v) is 4.96. The lowest BCUT2D eigenvalue weighted by molar-refractivity contribution is -0.121. The molecule has 0 aromatic heterocycles. The smallest absolute Gasteiger partial charge is 0.145 e. The van der Waals surface area contributed by atoms with Crippen LogP contribution in [-0.4, -0.2) is 17.3 Å². The molecule has 1 nitrogen and oxygen atoms in total. The molecule has 0 aromatic carbocycles. The topological polar surface area (TPSA) is 17.1 Å². The Kier molecular flexibility index (Phi) is 5.52. The first-order chi connectivity index (χ1) is 6.34. The van der Waals surface area contributed by atoms with Gasteiger partial charge in [0.05, 0.1) is 5.75 Å². The van der Waals surface area contributed by atoms with Gasteiger partial charge in [0.1, 0.15) is 5.78 Å². The Morgan fingerprint density at radius 3 is 2.62 bits per heavy atom. The summed E-state index contributed by atoms with van der Waals surface area (Å²) in [5, 5.41) is 0. The average molecular weight is 200 g/mol. The molecule has 0 aromatic rings. The summed E-state index contributed by atoms with van der Waals surface area (Å²) in [7, 11) is 0. The van der Waals surface area contributed by atoms with E-state index in [-0.39, 0.29) is 0 Å². The van der Waals surface area contributed by atoms with Crippen LogP contribution in [0.15, 0.2) is 0 Å². The summed E-state index contributed by atoms with van der Waals surface area (Å²) in [5.41, 5.74) is 0. The summed E-state index contributed by atoms with van der Waals surface area (Å²) < 4.78 is 0. The fourth-order valence-corrected chi connectivity index (χ4v) is 2.73. The largest absolute Gasteiger partial charge is 0.298 e. The van der Waals surface area contributed by atoms with Crippen molar-refractivity contribution >= 4 is 17.5 Å². The highest BCUT2D eigenvalue weighted by Gasteiger charge is 2.20. The van der Waals surface area contributed by atoms with Crippen LogP contribution in [0.3, 0.4) is 0 Å². The third-order valence-corrected chi connectivity index (χ3v) is 3.84. The van der Waals surface area contributed by atoms with Crippen LogP contribution in [-0.2, 0) is 4.79 Å². The van der Waals surface area contributed by atoms with Crippen LogP contribution in [0.5, 0.6) is 0 Å². The summed E-state index contributed by atoms with van der Waals surface area (Å²) in [6, 6.07) is 0. The van der Waals surface area contributed by atoms with Crippen LogP contribution < -0.4 is 0 Å². The van der Waals surface area contributed by atoms with Gasteiger partial charge in [-0.15, -0.1) is 0 Å². The minimum absolute atomic E-state index is 0.415. The van der Waals surface area contributed by atoms with Crippen LogP contribution in [0.1, 0.15) is 45.4 Å². The van der Waals surface area contributed by atoms with Crippen molar-refractivity contribution in [3.63, 3.8) is 0 Å². The Hall–Kier alpha value is 0.0200. The molecule has 0 radical (unpaired) electrons. The monoisotopic (exact) mass is 200 g/mol. The molecule has 2 heteroatoms. The summed E-state index contributed by atoms with van der Waals surface area (Å²) in [4.78, 5) is 11.7. The Balaban J connectivity index is 2.13. The molecule has 1 rings (SSSR count). The number of rotatable bonds is 5. The second-order valence-electron chi connectivity index (χ2n) is 3.85. The van der Waals surface area contributed by atoms with Crippen molar-refractivity contribution in [1.82, 2.24) is 0 Å². The van der Waals surface area contributed by atoms with Crippen LogP contribution in [0.25, 0.3) is 0 Å². The molecule has 0 saturated heterocycles. The van der Waals surface area contributed by atoms with Gasteiger partial charge in [-0.25, -0.2) is 0 Å². The van der Waals surface area contributed by atoms with Gasteiger partial charge in [0, 0.05) is 5.92 Å². The molecule has 0 bridgehead atoms. The highest BCUT2D eigenvalue weighted by Crippen LogP contribution is 2.25. The number of thioether (sulfide) groups is 1. The molecule has 1 fully saturated rings. The van der Waals surface area contributed by atoms with Gasteiger partial charge in [0.15, 0.2) is 0 Å². The van der Waals surface area contributed by atoms with Gasteiger partial charge < -0.3 is 0 Å². The van der Waals surface area contributed by atoms with Crippen LogP contribution in [0.2, 0.25) is 0 Å². The lowest BCUT2D eigenvalue weighted by Crippen LogP contribution is -2.19. The van der Waals surface area contributed by atoms with Crippen molar-refractivity contribution in [3.8, 4) is 0 Å². The first-order valence-corrected chi connectivity index (χ1v) is 6.60. The number of carbonyl (C=O) groups excluding carboxylic acids is 1. The van der Waals surface area contributed by atoms with Crippen molar-refractivity contribution in [2.45, 2.75) is 45.4 Å². The molecule has 0 heterocycles. The van der Waals surface area contributed by atoms with Gasteiger partial charge in [-0.05, 0) is 25.0 Å². The maximum Gasteiger partial charge on any atom is 0.145 e. The van der Waals surface area contributed by atoms with Gasteiger partial charge >= 0.3 is 0 Å². The Morgan fingerprint density at radius 2 is 2.00 bits per heavy atom. The first kappa shape index (κ1) is 11.1. The normalized spacial score (nSPS) is 18.8. The molecular formula is C11H20OS. The van der Waals surface area contributed by atoms with Crippen molar-refractivity contribution in [2.24, 2.45) is 5.92 Å². The predicted molar refractivity (Wildman–Crippen MR) is 59.2 cm³/mol. The van der Waals surface area contributed by atoms with E-state index in [1.54, 1.807) is 11.8 Å². The van der Waals surface area contributed by atoms with E-state index in [0.29, 0.717) is 11.7 Å². The number of hydrogen-bond donors (Lipinski definition) is 0. The third-order valence-electron chi connectivity index (χ3n) is 2.65. The fourth-order valence-electron chi connectivity index (χ4n) is 1.86. The number of carbonyl (C=O) groups is 1. The lowest BCUT2D eigenvalue weighted by atomic mass is 9.87. The summed E-state index contributed by atoms with van der Waals surface area (Å²) in [5.74, 6) is 2.83. The predicted octanol–water partition coefficient (Wildman–Crippen LogP) is 3.28. The van der Waals surface area contributed by atoms with Crippen LogP contribution >= 0.6 is 11.8 Å². The Labute approximate surface area is 85.7 Å². The molecule has 0 spiro atoms. The van der Waals surface area contributed by atoms with E-state index in [4.69, 9.17) is 0 Å². The molecule has 0 aliphatic heterocycles. The first-order valence-electron chi connectivity index (χ1n) is 5.45. The minimum Gasteiger partial charge on any atom is -0.298 e. The summed E-state index contributed by atoms with van der Waals surface area (Å²) in [6.07, 6.45) is 7.38. The number of Topliss-reactive ketones (excluding diaryl/α,β-unsaturated/α-hetero) is 1. The Bertz CT molecular complexity index is 150. The van der Waals surface area contributed by atoms with Gasteiger partial charge in [-0.2, -0.15) is 11.8 Å². The molecule has 76 valence electrons. The molecule has 1 saturated carbocycles. The summed E-state index contributed by atoms with van der Waals surface area (Å²) in [6.45, 7) is 2.16. The van der Waals surface area contributed by atoms with Crippen molar-refractivity contribution in [3.05, 3.63) is 0 Å². The van der Waals surface area contributed by atoms with Crippen molar-refractivity contribution in [2.75, 3.05) is 11.5 Å². The van der Waals surface area contributed by atoms with Crippen LogP contribution in [0, 0.1) is 5.92 Å². The quantitative estimate of drug-likeness (QED) is 0.634. The SMILES string of the molecule is CCCSCC(=O)C1CCCCC1. The van der Waals surface area contributed by atoms with Crippen molar-refractivity contribution < 1.29 is 4.79 Å². The molecule has 0 amide bonds. The minimum atomic E-state index is 0.415. The van der Waals surface area contributed by atoms with E-state index in [1.165, 1.54) is 25.7 Å². The Morgan fingerprint density at radius 1 is 1.31 bits per heavy atom. The molecule has 0 unspecified atom stereocenters. The van der Waals surface area contributed by atoms with E-state index in [2.05, 4.69) is 6.92 Å². The maximum atomic E-state index is 11.7. The number of hydrogen-bond acceptors (Lipinski definition) is 2. The lowest BCUT2D eigenvalue weighted by Gasteiger charge is -2.19. The van der Waals surface area contributed by atoms with E-state index in [1.807, 2.05) is 0 Å². The third kappa shape index (κ3) is 4.17. The highest BCUT2D eigenvalue weighted by molar-refractivity contribution is 7.99. The van der Waals surface area contributed by atoms with Gasteiger partial charge in [-0.1, -0.05) is 26.2 Å². The van der Waals surface area contributed by atoms with E-state index < -0.39 is 0 Å². The average Bonchev–Trinajstić information content (AvgIpc) is 2.19. The van der Waals surface area contributed by atoms with Crippen molar-refractivity contribution in [1.29, 1.82) is 0 Å². The van der Waals surface area contributed by atoms with Gasteiger partial charge in [0.25, 0.3) is 0 Å². The molecule has 0 N–H and O–H groups in total. The zero-order valence-corrected chi connectivity index (χ0v) is 9.37. The molecule has 1 aliphatic rings. The molecular weight excluding hydrogens is 180 g/mol. The summed E-state index contributed by atoms with van der Waals surface area (Å²) >= 11 is 1.81. The second kappa shape index (κ2) is 6.47. The van der Waals surface area contributed by atoms with Crippen LogP contribution in [0.4, 0.5) is 0 Å². The van der Waals surface area contributed by atoms with Gasteiger partial charge in [-0.3, -0.25) is 4.79 Å². The zero-order chi connectivity index (χ0) is 9.52. The fraction of sp³-hybridized carbons (Fsp3) is 0.909. The maximum absolute atomic E-state index is 11.7. The molecule has 1 aliphatic carbocycles. The van der Waals surface area contributed by atoms with E-state index >= 15 is 0 Å². The van der Waals surface area contributed by atoms with E-state index in [0.717, 1.165) is 24.3 Å².